The molecule has 1 nitrogen and oxygen atoms in total. The van der Waals surface area contributed by atoms with Crippen LogP contribution in [-0.2, 0) is 0 Å². The number of hydrogen-bond acceptors (Lipinski definition) is 1. The first-order valence-corrected chi connectivity index (χ1v) is 7.62. The lowest BCUT2D eigenvalue weighted by molar-refractivity contribution is 0.669. The van der Waals surface area contributed by atoms with Gasteiger partial charge in [0, 0.05) is 10.8 Å². The Morgan fingerprint density at radius 2 is 1.18 bits per heavy atom. The van der Waals surface area contributed by atoms with Crippen molar-refractivity contribution in [2.45, 2.75) is 20.8 Å². The third-order valence-corrected chi connectivity index (χ3v) is 4.18. The summed E-state index contributed by atoms with van der Waals surface area (Å²) in [5.41, 5.74) is 8.26. The number of hydrogen-bond donors (Lipinski definition) is 0. The monoisotopic (exact) mass is 286 g/mol. The molecule has 0 unspecified atom stereocenters. The van der Waals surface area contributed by atoms with E-state index in [-0.39, 0.29) is 0 Å². The van der Waals surface area contributed by atoms with Gasteiger partial charge in [0.05, 0.1) is 0 Å². The van der Waals surface area contributed by atoms with Crippen LogP contribution in [0.4, 0.5) is 0 Å². The lowest BCUT2D eigenvalue weighted by Crippen LogP contribution is -1.82. The van der Waals surface area contributed by atoms with Gasteiger partial charge in [-0.15, -0.1) is 0 Å². The summed E-state index contributed by atoms with van der Waals surface area (Å²) in [6.45, 7) is 6.41. The number of aryl methyl sites for hydroxylation is 3. The van der Waals surface area contributed by atoms with Crippen molar-refractivity contribution in [3.8, 4) is 11.1 Å². The summed E-state index contributed by atoms with van der Waals surface area (Å²) in [4.78, 5) is 0. The van der Waals surface area contributed by atoms with Crippen molar-refractivity contribution in [1.82, 2.24) is 0 Å². The highest BCUT2D eigenvalue weighted by Crippen LogP contribution is 2.33. The maximum Gasteiger partial charge on any atom is 0.135 e. The van der Waals surface area contributed by atoms with Crippen molar-refractivity contribution in [3.05, 3.63) is 71.3 Å². The molecule has 0 aliphatic rings. The van der Waals surface area contributed by atoms with Crippen molar-refractivity contribution in [2.75, 3.05) is 0 Å². The van der Waals surface area contributed by atoms with Crippen LogP contribution >= 0.6 is 0 Å². The lowest BCUT2D eigenvalue weighted by Gasteiger charge is -2.05. The molecule has 0 saturated carbocycles. The number of furan rings is 1. The van der Waals surface area contributed by atoms with Gasteiger partial charge >= 0.3 is 0 Å². The van der Waals surface area contributed by atoms with Crippen LogP contribution in [0.1, 0.15) is 16.7 Å². The molecule has 4 rings (SSSR count). The van der Waals surface area contributed by atoms with Crippen LogP contribution in [0.15, 0.2) is 59.0 Å². The van der Waals surface area contributed by atoms with Gasteiger partial charge in [0.15, 0.2) is 0 Å². The first-order valence-electron chi connectivity index (χ1n) is 7.62. The van der Waals surface area contributed by atoms with Gasteiger partial charge in [0.1, 0.15) is 11.2 Å². The zero-order valence-corrected chi connectivity index (χ0v) is 13.1. The average Bonchev–Trinajstić information content (AvgIpc) is 2.83. The minimum Gasteiger partial charge on any atom is -0.456 e. The Labute approximate surface area is 130 Å². The fraction of sp³-hybridized carbons (Fsp3) is 0.143. The van der Waals surface area contributed by atoms with E-state index in [2.05, 4.69) is 75.4 Å². The molecule has 0 atom stereocenters. The molecule has 0 aliphatic carbocycles. The molecule has 1 heteroatoms. The Bertz CT molecular complexity index is 985. The summed E-state index contributed by atoms with van der Waals surface area (Å²) in [6.07, 6.45) is 0. The Morgan fingerprint density at radius 1 is 0.545 bits per heavy atom. The van der Waals surface area contributed by atoms with E-state index in [4.69, 9.17) is 4.42 Å². The molecule has 0 radical (unpaired) electrons. The van der Waals surface area contributed by atoms with E-state index in [1.807, 2.05) is 0 Å². The van der Waals surface area contributed by atoms with E-state index in [0.29, 0.717) is 0 Å². The van der Waals surface area contributed by atoms with Crippen LogP contribution in [0.2, 0.25) is 0 Å². The molecule has 108 valence electrons. The van der Waals surface area contributed by atoms with Crippen molar-refractivity contribution in [1.29, 1.82) is 0 Å². The Hall–Kier alpha value is -2.54. The molecular weight excluding hydrogens is 268 g/mol. The fourth-order valence-electron chi connectivity index (χ4n) is 3.21. The summed E-state index contributed by atoms with van der Waals surface area (Å²) in [5.74, 6) is 0. The van der Waals surface area contributed by atoms with Gasteiger partial charge in [-0.1, -0.05) is 47.0 Å². The predicted molar refractivity (Wildman–Crippen MR) is 93.4 cm³/mol. The summed E-state index contributed by atoms with van der Waals surface area (Å²) in [5, 5.41) is 2.39. The first kappa shape index (κ1) is 13.1. The molecule has 22 heavy (non-hydrogen) atoms. The van der Waals surface area contributed by atoms with Gasteiger partial charge < -0.3 is 4.42 Å². The molecule has 0 fully saturated rings. The zero-order chi connectivity index (χ0) is 15.3. The van der Waals surface area contributed by atoms with Crippen molar-refractivity contribution in [3.63, 3.8) is 0 Å². The number of benzene rings is 3. The van der Waals surface area contributed by atoms with Crippen molar-refractivity contribution in [2.24, 2.45) is 0 Å². The van der Waals surface area contributed by atoms with E-state index >= 15 is 0 Å². The third-order valence-electron chi connectivity index (χ3n) is 4.18. The Balaban J connectivity index is 1.99. The minimum atomic E-state index is 0.953. The van der Waals surface area contributed by atoms with Gasteiger partial charge in [0.2, 0.25) is 0 Å². The maximum atomic E-state index is 5.95. The van der Waals surface area contributed by atoms with E-state index in [0.717, 1.165) is 11.2 Å². The predicted octanol–water partition coefficient (Wildman–Crippen LogP) is 6.18. The molecule has 1 aromatic heterocycles. The SMILES string of the molecule is Cc1cc(C)cc(-c2ccc3oc4ccc(C)cc4c3c2)c1. The minimum absolute atomic E-state index is 0.953. The lowest BCUT2D eigenvalue weighted by atomic mass is 9.99. The van der Waals surface area contributed by atoms with Crippen LogP contribution in [0.5, 0.6) is 0 Å². The highest BCUT2D eigenvalue weighted by Gasteiger charge is 2.09. The summed E-state index contributed by atoms with van der Waals surface area (Å²) in [7, 11) is 0. The number of fused-ring (bicyclic) bond motifs is 3. The van der Waals surface area contributed by atoms with Crippen LogP contribution in [0.3, 0.4) is 0 Å². The topological polar surface area (TPSA) is 13.1 Å². The van der Waals surface area contributed by atoms with Gasteiger partial charge in [-0.05, 0) is 56.2 Å². The zero-order valence-electron chi connectivity index (χ0n) is 13.1. The van der Waals surface area contributed by atoms with Crippen molar-refractivity contribution >= 4 is 21.9 Å². The van der Waals surface area contributed by atoms with Gasteiger partial charge in [-0.3, -0.25) is 0 Å². The molecular formula is C21H18O. The summed E-state index contributed by atoms with van der Waals surface area (Å²) >= 11 is 0. The Morgan fingerprint density at radius 3 is 1.91 bits per heavy atom. The summed E-state index contributed by atoms with van der Waals surface area (Å²) in [6, 6.07) is 19.5. The van der Waals surface area contributed by atoms with Crippen LogP contribution in [0.25, 0.3) is 33.1 Å². The molecule has 0 saturated heterocycles. The van der Waals surface area contributed by atoms with Gasteiger partial charge in [-0.25, -0.2) is 0 Å². The molecule has 0 amide bonds. The fourth-order valence-corrected chi connectivity index (χ4v) is 3.21. The largest absolute Gasteiger partial charge is 0.456 e. The highest BCUT2D eigenvalue weighted by molar-refractivity contribution is 6.06. The van der Waals surface area contributed by atoms with Crippen molar-refractivity contribution < 1.29 is 4.42 Å². The highest BCUT2D eigenvalue weighted by atomic mass is 16.3. The second-order valence-corrected chi connectivity index (χ2v) is 6.19. The molecule has 0 N–H and O–H groups in total. The average molecular weight is 286 g/mol. The van der Waals surface area contributed by atoms with Crippen LogP contribution in [0, 0.1) is 20.8 Å². The van der Waals surface area contributed by atoms with E-state index < -0.39 is 0 Å². The van der Waals surface area contributed by atoms with Gasteiger partial charge in [-0.2, -0.15) is 0 Å². The summed E-state index contributed by atoms with van der Waals surface area (Å²) < 4.78 is 5.95. The second-order valence-electron chi connectivity index (χ2n) is 6.19. The smallest absolute Gasteiger partial charge is 0.135 e. The quantitative estimate of drug-likeness (QED) is 0.407. The van der Waals surface area contributed by atoms with Crippen LogP contribution < -0.4 is 0 Å². The second kappa shape index (κ2) is 4.74. The first-order chi connectivity index (χ1) is 10.6. The molecule has 0 bridgehead atoms. The standard InChI is InChI=1S/C21H18O/c1-13-4-6-20-18(11-13)19-12-16(5-7-21(19)22-20)17-9-14(2)8-15(3)10-17/h4-12H,1-3H3. The molecule has 0 spiro atoms. The Kier molecular flexibility index (Phi) is 2.83. The molecule has 1 heterocycles. The van der Waals surface area contributed by atoms with Gasteiger partial charge in [0.25, 0.3) is 0 Å². The van der Waals surface area contributed by atoms with E-state index in [1.165, 1.54) is 38.6 Å². The van der Waals surface area contributed by atoms with E-state index in [1.54, 1.807) is 0 Å². The third kappa shape index (κ3) is 2.10. The molecule has 3 aromatic carbocycles. The molecule has 0 aliphatic heterocycles. The maximum absolute atomic E-state index is 5.95. The number of rotatable bonds is 1. The van der Waals surface area contributed by atoms with E-state index in [9.17, 15) is 0 Å². The van der Waals surface area contributed by atoms with Crippen LogP contribution in [-0.4, -0.2) is 0 Å². The molecule has 4 aromatic rings. The normalized spacial score (nSPS) is 11.4.